The molecule has 0 unspecified atom stereocenters. The van der Waals surface area contributed by atoms with Gasteiger partial charge in [-0.25, -0.2) is 0 Å². The summed E-state index contributed by atoms with van der Waals surface area (Å²) >= 11 is 0. The maximum atomic E-state index is 2.65. The minimum atomic E-state index is -1.66. The molecule has 0 aliphatic carbocycles. The topological polar surface area (TPSA) is 3.24 Å². The molecular formula is C31H50NPSi. The van der Waals surface area contributed by atoms with E-state index in [1.165, 1.54) is 52.6 Å². The number of anilines is 1. The van der Waals surface area contributed by atoms with E-state index in [1.807, 2.05) is 0 Å². The molecule has 0 aromatic heterocycles. The Bertz CT molecular complexity index is 1010. The van der Waals surface area contributed by atoms with Crippen LogP contribution in [0, 0.1) is 20.8 Å². The lowest BCUT2D eigenvalue weighted by Gasteiger charge is -2.36. The fraction of sp³-hybridized carbons (Fsp3) is 0.581. The first-order chi connectivity index (χ1) is 15.1. The summed E-state index contributed by atoms with van der Waals surface area (Å²) in [4.78, 5) is 0. The van der Waals surface area contributed by atoms with Crippen molar-refractivity contribution >= 4 is 33.4 Å². The van der Waals surface area contributed by atoms with Crippen LogP contribution in [0.15, 0.2) is 24.3 Å². The molecule has 0 saturated carbocycles. The average Bonchev–Trinajstić information content (AvgIpc) is 2.59. The third-order valence-corrected chi connectivity index (χ3v) is 9.60. The Morgan fingerprint density at radius 1 is 0.676 bits per heavy atom. The van der Waals surface area contributed by atoms with Gasteiger partial charge in [-0.1, -0.05) is 120 Å². The Balaban J connectivity index is 2.87. The molecule has 2 aromatic carbocycles. The maximum Gasteiger partial charge on any atom is 0.153 e. The van der Waals surface area contributed by atoms with Gasteiger partial charge in [-0.05, 0) is 64.8 Å². The zero-order valence-corrected chi connectivity index (χ0v) is 26.7. The molecule has 2 aromatic rings. The van der Waals surface area contributed by atoms with Crippen LogP contribution in [0.3, 0.4) is 0 Å². The predicted molar refractivity (Wildman–Crippen MR) is 162 cm³/mol. The van der Waals surface area contributed by atoms with Gasteiger partial charge in [0.1, 0.15) is 0 Å². The van der Waals surface area contributed by atoms with E-state index in [4.69, 9.17) is 0 Å². The lowest BCUT2D eigenvalue weighted by Crippen LogP contribution is -2.46. The summed E-state index contributed by atoms with van der Waals surface area (Å²) in [5, 5.41) is 1.48. The molecule has 1 nitrogen and oxygen atoms in total. The van der Waals surface area contributed by atoms with Crippen LogP contribution in [-0.4, -0.2) is 14.2 Å². The summed E-state index contributed by atoms with van der Waals surface area (Å²) in [5.74, 6) is 2.49. The molecule has 0 radical (unpaired) electrons. The molecular weight excluding hydrogens is 445 g/mol. The van der Waals surface area contributed by atoms with Gasteiger partial charge in [0.25, 0.3) is 0 Å². The van der Waals surface area contributed by atoms with Crippen molar-refractivity contribution < 1.29 is 0 Å². The van der Waals surface area contributed by atoms with Crippen molar-refractivity contribution in [2.45, 2.75) is 119 Å². The van der Waals surface area contributed by atoms with Gasteiger partial charge in [-0.3, -0.25) is 0 Å². The van der Waals surface area contributed by atoms with E-state index in [2.05, 4.69) is 137 Å². The summed E-state index contributed by atoms with van der Waals surface area (Å²) in [6.45, 7) is 35.3. The summed E-state index contributed by atoms with van der Waals surface area (Å²) in [5.41, 5.74) is 10.2. The third-order valence-electron chi connectivity index (χ3n) is 6.49. The first-order valence-electron chi connectivity index (χ1n) is 12.7. The van der Waals surface area contributed by atoms with Crippen LogP contribution < -0.4 is 9.87 Å². The predicted octanol–water partition coefficient (Wildman–Crippen LogP) is 9.18. The maximum absolute atomic E-state index is 2.65. The van der Waals surface area contributed by atoms with E-state index in [0.29, 0.717) is 0 Å². The van der Waals surface area contributed by atoms with Gasteiger partial charge in [-0.15, -0.1) is 0 Å². The fourth-order valence-corrected chi connectivity index (χ4v) is 8.59. The van der Waals surface area contributed by atoms with Gasteiger partial charge >= 0.3 is 0 Å². The SMILES string of the molecule is Cc1cc(C)c(N(C=Pc2c(C(C)(C)C)cc(C(C)(C)C)cc2C(C)(C)C)[Si](C)(C)C)c(C)c1. The Morgan fingerprint density at radius 3 is 1.41 bits per heavy atom. The summed E-state index contributed by atoms with van der Waals surface area (Å²) < 4.78 is 2.65. The highest BCUT2D eigenvalue weighted by Crippen LogP contribution is 2.36. The molecule has 0 fully saturated rings. The van der Waals surface area contributed by atoms with Crippen molar-refractivity contribution in [3.63, 3.8) is 0 Å². The molecule has 0 atom stereocenters. The molecule has 0 N–H and O–H groups in total. The van der Waals surface area contributed by atoms with E-state index < -0.39 is 8.24 Å². The van der Waals surface area contributed by atoms with Gasteiger partial charge in [0, 0.05) is 16.9 Å². The summed E-state index contributed by atoms with van der Waals surface area (Å²) in [6, 6.07) is 9.65. The highest BCUT2D eigenvalue weighted by molar-refractivity contribution is 7.48. The molecule has 34 heavy (non-hydrogen) atoms. The Kier molecular flexibility index (Phi) is 8.14. The molecule has 188 valence electrons. The Labute approximate surface area is 214 Å². The van der Waals surface area contributed by atoms with E-state index in [0.717, 1.165) is 0 Å². The van der Waals surface area contributed by atoms with Gasteiger partial charge < -0.3 is 4.57 Å². The highest BCUT2D eigenvalue weighted by atomic mass is 31.1. The van der Waals surface area contributed by atoms with Crippen molar-refractivity contribution in [3.8, 4) is 0 Å². The second kappa shape index (κ2) is 9.59. The number of rotatable bonds is 4. The molecule has 0 aliphatic heterocycles. The summed E-state index contributed by atoms with van der Waals surface area (Å²) in [7, 11) is -0.374. The first kappa shape index (κ1) is 28.9. The number of nitrogens with zero attached hydrogens (tertiary/aromatic N) is 1. The number of hydrogen-bond donors (Lipinski definition) is 0. The van der Waals surface area contributed by atoms with Gasteiger partial charge in [0.05, 0.1) is 0 Å². The lowest BCUT2D eigenvalue weighted by atomic mass is 9.75. The van der Waals surface area contributed by atoms with E-state index >= 15 is 0 Å². The second-order valence-electron chi connectivity index (χ2n) is 14.2. The van der Waals surface area contributed by atoms with Gasteiger partial charge in [0.15, 0.2) is 8.24 Å². The molecule has 0 saturated heterocycles. The van der Waals surface area contributed by atoms with E-state index in [-0.39, 0.29) is 16.2 Å². The first-order valence-corrected chi connectivity index (χ1v) is 17.2. The normalized spacial score (nSPS) is 13.6. The van der Waals surface area contributed by atoms with Gasteiger partial charge in [0.2, 0.25) is 0 Å². The molecule has 0 heterocycles. The highest BCUT2D eigenvalue weighted by Gasteiger charge is 2.30. The molecule has 0 spiro atoms. The van der Waals surface area contributed by atoms with Crippen molar-refractivity contribution in [1.82, 2.24) is 0 Å². The summed E-state index contributed by atoms with van der Waals surface area (Å²) in [6.07, 6.45) is 0. The quantitative estimate of drug-likeness (QED) is 0.302. The third kappa shape index (κ3) is 6.64. The molecule has 0 aliphatic rings. The molecule has 2 rings (SSSR count). The number of benzene rings is 2. The molecule has 0 bridgehead atoms. The zero-order chi connectivity index (χ0) is 26.4. The van der Waals surface area contributed by atoms with E-state index in [1.54, 1.807) is 0 Å². The standard InChI is InChI=1S/C31H50NPSi/c1-21-16-22(2)27(23(3)17-21)32(34(13,14)15)20-33-28-25(30(7,8)9)18-24(29(4,5)6)19-26(28)31(10,11)12/h16-20H,1-15H3. The Hall–Kier alpha value is -1.37. The van der Waals surface area contributed by atoms with Crippen LogP contribution in [0.1, 0.15) is 95.7 Å². The largest absolute Gasteiger partial charge is 0.371 e. The van der Waals surface area contributed by atoms with Crippen molar-refractivity contribution in [3.05, 3.63) is 57.6 Å². The average molecular weight is 496 g/mol. The number of hydrogen-bond acceptors (Lipinski definition) is 0. The lowest BCUT2D eigenvalue weighted by molar-refractivity contribution is 0.554. The smallest absolute Gasteiger partial charge is 0.153 e. The van der Waals surface area contributed by atoms with Crippen LogP contribution in [0.5, 0.6) is 0 Å². The monoisotopic (exact) mass is 495 g/mol. The Morgan fingerprint density at radius 2 is 1.09 bits per heavy atom. The van der Waals surface area contributed by atoms with Crippen molar-refractivity contribution in [1.29, 1.82) is 0 Å². The second-order valence-corrected chi connectivity index (χ2v) is 20.0. The minimum absolute atomic E-state index is 0.0805. The molecule has 0 amide bonds. The van der Waals surface area contributed by atoms with Crippen LogP contribution in [-0.2, 0) is 16.2 Å². The van der Waals surface area contributed by atoms with E-state index in [9.17, 15) is 0 Å². The number of aryl methyl sites for hydroxylation is 3. The van der Waals surface area contributed by atoms with Crippen molar-refractivity contribution in [2.24, 2.45) is 0 Å². The fourth-order valence-electron chi connectivity index (χ4n) is 4.58. The van der Waals surface area contributed by atoms with Crippen LogP contribution in [0.25, 0.3) is 0 Å². The van der Waals surface area contributed by atoms with Crippen LogP contribution >= 0.6 is 8.20 Å². The minimum Gasteiger partial charge on any atom is -0.371 e. The van der Waals surface area contributed by atoms with Crippen molar-refractivity contribution in [2.75, 3.05) is 4.57 Å². The van der Waals surface area contributed by atoms with Gasteiger partial charge in [-0.2, -0.15) is 0 Å². The molecule has 3 heteroatoms. The van der Waals surface area contributed by atoms with Crippen LogP contribution in [0.2, 0.25) is 19.6 Å². The zero-order valence-electron chi connectivity index (χ0n) is 24.8. The van der Waals surface area contributed by atoms with Crippen LogP contribution in [0.4, 0.5) is 5.69 Å².